The molecule has 0 fully saturated rings. The van der Waals surface area contributed by atoms with Gasteiger partial charge in [0.2, 0.25) is 0 Å². The van der Waals surface area contributed by atoms with E-state index >= 15 is 0 Å². The van der Waals surface area contributed by atoms with Crippen LogP contribution in [0, 0.1) is 0 Å². The number of hydrogen-bond donors (Lipinski definition) is 2. The second kappa shape index (κ2) is 36.1. The van der Waals surface area contributed by atoms with Gasteiger partial charge in [0.05, 0.1) is 19.5 Å². The number of ether oxygens (including phenoxy) is 2. The van der Waals surface area contributed by atoms with Crippen molar-refractivity contribution in [2.24, 2.45) is 5.73 Å². The van der Waals surface area contributed by atoms with Crippen molar-refractivity contribution in [3.05, 3.63) is 24.5 Å². The second-order valence-corrected chi connectivity index (χ2v) is 14.3. The van der Waals surface area contributed by atoms with Gasteiger partial charge in [0.25, 0.3) is 0 Å². The minimum Gasteiger partial charge on any atom is -0.498 e. The van der Waals surface area contributed by atoms with E-state index in [1.165, 1.54) is 116 Å². The van der Waals surface area contributed by atoms with Crippen molar-refractivity contribution in [1.82, 2.24) is 0 Å². The third kappa shape index (κ3) is 35.9. The molecule has 0 spiro atoms. The van der Waals surface area contributed by atoms with E-state index in [0.717, 1.165) is 44.9 Å². The third-order valence-electron chi connectivity index (χ3n) is 8.19. The second-order valence-electron chi connectivity index (χ2n) is 12.9. The Morgan fingerprint density at radius 3 is 1.62 bits per heavy atom. The molecule has 0 aliphatic carbocycles. The van der Waals surface area contributed by atoms with Crippen molar-refractivity contribution in [2.75, 3.05) is 26.4 Å². The number of allylic oxidation sites excluding steroid dienone is 3. The number of carbonyl (C=O) groups excluding carboxylic acids is 1. The average molecular weight is 688 g/mol. The van der Waals surface area contributed by atoms with Crippen LogP contribution in [0.2, 0.25) is 0 Å². The Morgan fingerprint density at radius 1 is 0.638 bits per heavy atom. The van der Waals surface area contributed by atoms with E-state index in [2.05, 4.69) is 26.0 Å². The molecule has 0 rings (SSSR count). The van der Waals surface area contributed by atoms with Crippen LogP contribution in [0.1, 0.15) is 181 Å². The first kappa shape index (κ1) is 45.8. The lowest BCUT2D eigenvalue weighted by Gasteiger charge is -2.19. The molecule has 1 unspecified atom stereocenters. The summed E-state index contributed by atoms with van der Waals surface area (Å²) in [5.41, 5.74) is 5.34. The smallest absolute Gasteiger partial charge is 0.472 e. The van der Waals surface area contributed by atoms with Crippen molar-refractivity contribution < 1.29 is 32.8 Å². The molecule has 0 saturated carbocycles. The zero-order valence-corrected chi connectivity index (χ0v) is 31.4. The molecular weight excluding hydrogens is 613 g/mol. The lowest BCUT2D eigenvalue weighted by Crippen LogP contribution is -2.27. The molecule has 3 N–H and O–H groups in total. The maximum atomic E-state index is 12.5. The molecule has 278 valence electrons. The van der Waals surface area contributed by atoms with E-state index in [-0.39, 0.29) is 32.3 Å². The fourth-order valence-electron chi connectivity index (χ4n) is 5.31. The van der Waals surface area contributed by atoms with E-state index < -0.39 is 13.9 Å². The first-order chi connectivity index (χ1) is 22.9. The highest BCUT2D eigenvalue weighted by Crippen LogP contribution is 2.43. The van der Waals surface area contributed by atoms with Crippen molar-refractivity contribution in [3.8, 4) is 0 Å². The molecular formula is C38H74NO7P. The monoisotopic (exact) mass is 688 g/mol. The van der Waals surface area contributed by atoms with Crippen LogP contribution in [-0.4, -0.2) is 43.3 Å². The summed E-state index contributed by atoms with van der Waals surface area (Å²) in [6.07, 6.45) is 38.5. The van der Waals surface area contributed by atoms with E-state index in [9.17, 15) is 14.3 Å². The SMILES string of the molecule is CCCCC/C=C\CCCCCCCC(=O)O[C@H](CO/C=C\CCCCCCCCCCCCCCCC)COP(=O)(O)OCCN. The Kier molecular flexibility index (Phi) is 35.2. The Bertz CT molecular complexity index is 777. The first-order valence-corrected chi connectivity index (χ1v) is 20.9. The highest BCUT2D eigenvalue weighted by molar-refractivity contribution is 7.47. The number of hydrogen-bond acceptors (Lipinski definition) is 7. The van der Waals surface area contributed by atoms with Crippen molar-refractivity contribution >= 4 is 13.8 Å². The molecule has 8 nitrogen and oxygen atoms in total. The number of rotatable bonds is 37. The maximum Gasteiger partial charge on any atom is 0.472 e. The van der Waals surface area contributed by atoms with Crippen molar-refractivity contribution in [3.63, 3.8) is 0 Å². The standard InChI is InChI=1S/C38H74NO7P/c1-3-5-7-9-11-13-15-17-18-19-20-22-24-26-28-30-33-43-35-37(36-45-47(41,42)44-34-32-39)46-38(40)31-29-27-25-23-21-16-14-12-10-8-6-4-2/h12,14,30,33,37H,3-11,13,15-29,31-32,34-36,39H2,1-2H3,(H,41,42)/b14-12-,33-30-/t37-/m1/s1. The summed E-state index contributed by atoms with van der Waals surface area (Å²) in [5.74, 6) is -0.362. The Morgan fingerprint density at radius 2 is 1.09 bits per heavy atom. The quantitative estimate of drug-likeness (QED) is 0.0218. The molecule has 0 heterocycles. The van der Waals surface area contributed by atoms with Gasteiger partial charge in [0.15, 0.2) is 6.10 Å². The first-order valence-electron chi connectivity index (χ1n) is 19.4. The van der Waals surface area contributed by atoms with Crippen LogP contribution in [0.15, 0.2) is 24.5 Å². The molecule has 47 heavy (non-hydrogen) atoms. The molecule has 2 atom stereocenters. The van der Waals surface area contributed by atoms with Gasteiger partial charge >= 0.3 is 13.8 Å². The van der Waals surface area contributed by atoms with Crippen LogP contribution < -0.4 is 5.73 Å². The van der Waals surface area contributed by atoms with Crippen LogP contribution in [0.4, 0.5) is 0 Å². The zero-order valence-electron chi connectivity index (χ0n) is 30.5. The molecule has 0 aromatic carbocycles. The van der Waals surface area contributed by atoms with Gasteiger partial charge in [-0.15, -0.1) is 0 Å². The van der Waals surface area contributed by atoms with Crippen LogP contribution in [0.25, 0.3) is 0 Å². The van der Waals surface area contributed by atoms with Gasteiger partial charge in [0, 0.05) is 13.0 Å². The topological polar surface area (TPSA) is 117 Å². The van der Waals surface area contributed by atoms with Gasteiger partial charge in [-0.1, -0.05) is 142 Å². The molecule has 0 aromatic rings. The van der Waals surface area contributed by atoms with Gasteiger partial charge in [-0.05, 0) is 51.0 Å². The Hall–Kier alpha value is -1.18. The summed E-state index contributed by atoms with van der Waals surface area (Å²) >= 11 is 0. The lowest BCUT2D eigenvalue weighted by atomic mass is 10.0. The van der Waals surface area contributed by atoms with Crippen molar-refractivity contribution in [2.45, 2.75) is 187 Å². The summed E-state index contributed by atoms with van der Waals surface area (Å²) in [7, 11) is -4.28. The Labute approximate surface area is 289 Å². The molecule has 0 bridgehead atoms. The lowest BCUT2D eigenvalue weighted by molar-refractivity contribution is -0.153. The summed E-state index contributed by atoms with van der Waals surface area (Å²) in [6, 6.07) is 0. The van der Waals surface area contributed by atoms with Gasteiger partial charge in [-0.2, -0.15) is 0 Å². The van der Waals surface area contributed by atoms with Crippen LogP contribution >= 0.6 is 7.82 Å². The number of esters is 1. The molecule has 0 saturated heterocycles. The Balaban J connectivity index is 4.12. The third-order valence-corrected chi connectivity index (χ3v) is 9.17. The minimum absolute atomic E-state index is 0.0316. The fraction of sp³-hybridized carbons (Fsp3) is 0.868. The van der Waals surface area contributed by atoms with E-state index in [0.29, 0.717) is 6.42 Å². The summed E-state index contributed by atoms with van der Waals surface area (Å²) in [5, 5.41) is 0. The summed E-state index contributed by atoms with van der Waals surface area (Å²) in [6.45, 7) is 4.21. The van der Waals surface area contributed by atoms with E-state index in [4.69, 9.17) is 24.3 Å². The van der Waals surface area contributed by atoms with E-state index in [1.54, 1.807) is 6.26 Å². The number of carbonyl (C=O) groups is 1. The minimum atomic E-state index is -4.28. The van der Waals surface area contributed by atoms with Gasteiger partial charge < -0.3 is 20.1 Å². The largest absolute Gasteiger partial charge is 0.498 e. The molecule has 0 aromatic heterocycles. The van der Waals surface area contributed by atoms with Crippen molar-refractivity contribution in [1.29, 1.82) is 0 Å². The highest BCUT2D eigenvalue weighted by Gasteiger charge is 2.25. The zero-order chi connectivity index (χ0) is 34.5. The summed E-state index contributed by atoms with van der Waals surface area (Å²) in [4.78, 5) is 22.3. The highest BCUT2D eigenvalue weighted by atomic mass is 31.2. The van der Waals surface area contributed by atoms with Crippen LogP contribution in [0.5, 0.6) is 0 Å². The number of phosphoric acid groups is 1. The van der Waals surface area contributed by atoms with Gasteiger partial charge in [-0.25, -0.2) is 4.57 Å². The predicted octanol–water partition coefficient (Wildman–Crippen LogP) is 11.3. The molecule has 0 aliphatic rings. The summed E-state index contributed by atoms with van der Waals surface area (Å²) < 4.78 is 33.0. The molecule has 9 heteroatoms. The maximum absolute atomic E-state index is 12.5. The molecule has 0 aliphatic heterocycles. The van der Waals surface area contributed by atoms with E-state index in [1.807, 2.05) is 6.08 Å². The normalized spacial score (nSPS) is 13.8. The average Bonchev–Trinajstić information content (AvgIpc) is 3.06. The van der Waals surface area contributed by atoms with Gasteiger partial charge in [0.1, 0.15) is 6.61 Å². The number of unbranched alkanes of at least 4 members (excludes halogenated alkanes) is 22. The van der Waals surface area contributed by atoms with Crippen LogP contribution in [-0.2, 0) is 27.9 Å². The predicted molar refractivity (Wildman–Crippen MR) is 196 cm³/mol. The number of nitrogens with two attached hydrogens (primary N) is 1. The molecule has 0 amide bonds. The molecule has 0 radical (unpaired) electrons. The van der Waals surface area contributed by atoms with Crippen LogP contribution in [0.3, 0.4) is 0 Å². The van der Waals surface area contributed by atoms with Gasteiger partial charge in [-0.3, -0.25) is 13.8 Å². The fourth-order valence-corrected chi connectivity index (χ4v) is 6.07. The number of phosphoric ester groups is 1.